The zero-order valence-electron chi connectivity index (χ0n) is 19.3. The van der Waals surface area contributed by atoms with Gasteiger partial charge in [0.2, 0.25) is 0 Å². The van der Waals surface area contributed by atoms with Crippen LogP contribution < -0.4 is 0 Å². The van der Waals surface area contributed by atoms with Gasteiger partial charge in [-0.15, -0.1) is 0 Å². The van der Waals surface area contributed by atoms with E-state index in [1.54, 1.807) is 6.20 Å². The first-order valence-corrected chi connectivity index (χ1v) is 11.9. The number of hydrogen-bond acceptors (Lipinski definition) is 4. The topological polar surface area (TPSA) is 51.6 Å². The molecule has 36 heavy (non-hydrogen) atoms. The molecule has 4 heteroatoms. The van der Waals surface area contributed by atoms with E-state index in [2.05, 4.69) is 82.8 Å². The number of nitrogens with zero attached hydrogens (tertiary/aromatic N) is 4. The minimum absolute atomic E-state index is 0.919. The molecule has 7 aromatic rings. The third-order valence-corrected chi connectivity index (χ3v) is 6.67. The Morgan fingerprint density at radius 2 is 1.14 bits per heavy atom. The zero-order chi connectivity index (χ0) is 23.9. The van der Waals surface area contributed by atoms with E-state index in [1.807, 2.05) is 43.0 Å². The van der Waals surface area contributed by atoms with E-state index < -0.39 is 0 Å². The van der Waals surface area contributed by atoms with Gasteiger partial charge in [0, 0.05) is 63.8 Å². The lowest BCUT2D eigenvalue weighted by Crippen LogP contribution is -1.91. The van der Waals surface area contributed by atoms with Crippen molar-refractivity contribution in [1.29, 1.82) is 0 Å². The van der Waals surface area contributed by atoms with Gasteiger partial charge in [0.15, 0.2) is 0 Å². The Hall–Kier alpha value is -4.96. The number of pyridine rings is 4. The summed E-state index contributed by atoms with van der Waals surface area (Å²) in [4.78, 5) is 18.5. The first kappa shape index (κ1) is 20.4. The fourth-order valence-electron chi connectivity index (χ4n) is 4.94. The van der Waals surface area contributed by atoms with Crippen LogP contribution in [0.1, 0.15) is 0 Å². The molecule has 0 unspecified atom stereocenters. The Balaban J connectivity index is 1.45. The van der Waals surface area contributed by atoms with Gasteiger partial charge in [-0.2, -0.15) is 0 Å². The van der Waals surface area contributed by atoms with Crippen LogP contribution in [0.25, 0.3) is 66.1 Å². The normalized spacial score (nSPS) is 11.3. The fraction of sp³-hybridized carbons (Fsp3) is 0. The molecule has 0 radical (unpaired) electrons. The van der Waals surface area contributed by atoms with Crippen LogP contribution in [0.2, 0.25) is 0 Å². The summed E-state index contributed by atoms with van der Waals surface area (Å²) in [5.41, 5.74) is 9.39. The minimum atomic E-state index is 0.919. The molecule has 168 valence electrons. The molecule has 7 rings (SSSR count). The molecule has 3 aromatic carbocycles. The highest BCUT2D eigenvalue weighted by Gasteiger charge is 2.14. The maximum Gasteiger partial charge on any atom is 0.0964 e. The van der Waals surface area contributed by atoms with Crippen molar-refractivity contribution in [2.45, 2.75) is 0 Å². The summed E-state index contributed by atoms with van der Waals surface area (Å²) in [6.45, 7) is 0. The molecule has 0 amide bonds. The molecule has 0 spiro atoms. The van der Waals surface area contributed by atoms with E-state index in [1.165, 1.54) is 0 Å². The Labute approximate surface area is 208 Å². The van der Waals surface area contributed by atoms with Crippen molar-refractivity contribution in [2.75, 3.05) is 0 Å². The van der Waals surface area contributed by atoms with Crippen molar-refractivity contribution in [3.8, 4) is 33.4 Å². The van der Waals surface area contributed by atoms with E-state index in [-0.39, 0.29) is 0 Å². The highest BCUT2D eigenvalue weighted by atomic mass is 14.7. The monoisotopic (exact) mass is 460 g/mol. The lowest BCUT2D eigenvalue weighted by Gasteiger charge is -2.14. The molecule has 0 atom stereocenters. The summed E-state index contributed by atoms with van der Waals surface area (Å²) >= 11 is 0. The number of para-hydroxylation sites is 1. The van der Waals surface area contributed by atoms with E-state index in [9.17, 15) is 0 Å². The second-order valence-corrected chi connectivity index (χ2v) is 8.82. The molecule has 0 saturated heterocycles. The molecule has 0 aliphatic heterocycles. The first-order chi connectivity index (χ1) is 17.8. The summed E-state index contributed by atoms with van der Waals surface area (Å²) in [5, 5.41) is 3.28. The van der Waals surface area contributed by atoms with Crippen molar-refractivity contribution in [2.24, 2.45) is 0 Å². The van der Waals surface area contributed by atoms with Gasteiger partial charge in [-0.05, 0) is 47.0 Å². The Kier molecular flexibility index (Phi) is 4.74. The number of benzene rings is 3. The number of rotatable bonds is 3. The molecule has 0 N–H and O–H groups in total. The lowest BCUT2D eigenvalue weighted by atomic mass is 9.90. The molecule has 4 heterocycles. The van der Waals surface area contributed by atoms with Gasteiger partial charge < -0.3 is 0 Å². The lowest BCUT2D eigenvalue weighted by molar-refractivity contribution is 1.33. The van der Waals surface area contributed by atoms with E-state index in [0.717, 1.165) is 66.1 Å². The van der Waals surface area contributed by atoms with Crippen molar-refractivity contribution in [1.82, 2.24) is 19.9 Å². The molecular formula is C32H20N4. The van der Waals surface area contributed by atoms with Crippen LogP contribution in [0.3, 0.4) is 0 Å². The SMILES string of the molecule is c1cncc(-c2ccc(-c3cnc4c(ccc5cccnc54)c3)cc2-c2cccc3cccnc23)c1. The van der Waals surface area contributed by atoms with Crippen molar-refractivity contribution < 1.29 is 0 Å². The number of hydrogen-bond donors (Lipinski definition) is 0. The van der Waals surface area contributed by atoms with Crippen LogP contribution in [0.15, 0.2) is 122 Å². The van der Waals surface area contributed by atoms with Crippen LogP contribution in [-0.2, 0) is 0 Å². The molecule has 0 saturated carbocycles. The second-order valence-electron chi connectivity index (χ2n) is 8.82. The summed E-state index contributed by atoms with van der Waals surface area (Å²) in [6, 6.07) is 31.5. The highest BCUT2D eigenvalue weighted by Crippen LogP contribution is 2.38. The third-order valence-electron chi connectivity index (χ3n) is 6.67. The predicted molar refractivity (Wildman–Crippen MR) is 146 cm³/mol. The molecule has 0 aliphatic rings. The summed E-state index contributed by atoms with van der Waals surface area (Å²) in [7, 11) is 0. The van der Waals surface area contributed by atoms with Gasteiger partial charge in [-0.25, -0.2) is 0 Å². The van der Waals surface area contributed by atoms with Gasteiger partial charge in [0.1, 0.15) is 0 Å². The average molecular weight is 461 g/mol. The van der Waals surface area contributed by atoms with E-state index >= 15 is 0 Å². The van der Waals surface area contributed by atoms with Crippen molar-refractivity contribution >= 4 is 32.7 Å². The summed E-state index contributed by atoms with van der Waals surface area (Å²) in [5.74, 6) is 0. The van der Waals surface area contributed by atoms with Crippen LogP contribution in [0.5, 0.6) is 0 Å². The molecular weight excluding hydrogens is 440 g/mol. The maximum atomic E-state index is 4.83. The maximum absolute atomic E-state index is 4.83. The first-order valence-electron chi connectivity index (χ1n) is 11.9. The van der Waals surface area contributed by atoms with Crippen molar-refractivity contribution in [3.63, 3.8) is 0 Å². The van der Waals surface area contributed by atoms with Gasteiger partial charge in [-0.3, -0.25) is 19.9 Å². The second kappa shape index (κ2) is 8.36. The Morgan fingerprint density at radius 1 is 0.389 bits per heavy atom. The summed E-state index contributed by atoms with van der Waals surface area (Å²) in [6.07, 6.45) is 9.33. The average Bonchev–Trinajstić information content (AvgIpc) is 2.96. The van der Waals surface area contributed by atoms with Crippen LogP contribution >= 0.6 is 0 Å². The fourth-order valence-corrected chi connectivity index (χ4v) is 4.94. The summed E-state index contributed by atoms with van der Waals surface area (Å²) < 4.78 is 0. The molecule has 4 aromatic heterocycles. The van der Waals surface area contributed by atoms with E-state index in [0.29, 0.717) is 0 Å². The largest absolute Gasteiger partial charge is 0.264 e. The molecule has 0 fully saturated rings. The Bertz CT molecular complexity index is 1890. The van der Waals surface area contributed by atoms with Gasteiger partial charge in [0.05, 0.1) is 16.6 Å². The van der Waals surface area contributed by atoms with Gasteiger partial charge >= 0.3 is 0 Å². The minimum Gasteiger partial charge on any atom is -0.264 e. The predicted octanol–water partition coefficient (Wildman–Crippen LogP) is 7.73. The quantitative estimate of drug-likeness (QED) is 0.253. The molecule has 0 bridgehead atoms. The standard InChI is InChI=1S/C32H20N4/c1-5-21-6-3-15-34-30(21)28(9-1)29-18-23(12-13-27(29)25-8-2-14-33-19-25)26-17-24-11-10-22-7-4-16-35-31(22)32(24)36-20-26/h1-20H. The highest BCUT2D eigenvalue weighted by molar-refractivity contribution is 6.04. The molecule has 0 aliphatic carbocycles. The number of aromatic nitrogens is 4. The van der Waals surface area contributed by atoms with E-state index in [4.69, 9.17) is 9.97 Å². The van der Waals surface area contributed by atoms with Gasteiger partial charge in [0.25, 0.3) is 0 Å². The zero-order valence-corrected chi connectivity index (χ0v) is 19.3. The van der Waals surface area contributed by atoms with Crippen molar-refractivity contribution in [3.05, 3.63) is 122 Å². The van der Waals surface area contributed by atoms with Crippen LogP contribution in [-0.4, -0.2) is 19.9 Å². The Morgan fingerprint density at radius 3 is 2.00 bits per heavy atom. The van der Waals surface area contributed by atoms with Crippen LogP contribution in [0.4, 0.5) is 0 Å². The third kappa shape index (κ3) is 3.39. The molecule has 4 nitrogen and oxygen atoms in total. The van der Waals surface area contributed by atoms with Gasteiger partial charge in [-0.1, -0.05) is 60.7 Å². The number of fused-ring (bicyclic) bond motifs is 4. The smallest absolute Gasteiger partial charge is 0.0964 e. The van der Waals surface area contributed by atoms with Crippen LogP contribution in [0, 0.1) is 0 Å².